The van der Waals surface area contributed by atoms with E-state index in [4.69, 9.17) is 5.73 Å². The molecule has 1 aliphatic rings. The van der Waals surface area contributed by atoms with Crippen molar-refractivity contribution in [1.82, 2.24) is 25.4 Å². The van der Waals surface area contributed by atoms with Crippen LogP contribution in [0.5, 0.6) is 0 Å². The van der Waals surface area contributed by atoms with E-state index in [1.165, 1.54) is 0 Å². The minimum atomic E-state index is 0.273. The van der Waals surface area contributed by atoms with Crippen LogP contribution in [0.15, 0.2) is 12.3 Å². The minimum absolute atomic E-state index is 0.273. The maximum absolute atomic E-state index is 5.95. The van der Waals surface area contributed by atoms with Gasteiger partial charge in [0.15, 0.2) is 5.82 Å². The Labute approximate surface area is 111 Å². The van der Waals surface area contributed by atoms with Crippen LogP contribution in [0.4, 0.5) is 5.95 Å². The number of anilines is 1. The van der Waals surface area contributed by atoms with Crippen molar-refractivity contribution in [2.75, 3.05) is 18.0 Å². The van der Waals surface area contributed by atoms with E-state index < -0.39 is 0 Å². The lowest BCUT2D eigenvalue weighted by atomic mass is 9.91. The number of piperidine rings is 1. The van der Waals surface area contributed by atoms with Gasteiger partial charge in [0.1, 0.15) is 5.69 Å². The van der Waals surface area contributed by atoms with Crippen molar-refractivity contribution in [3.63, 3.8) is 0 Å². The molecule has 0 saturated carbocycles. The predicted octanol–water partition coefficient (Wildman–Crippen LogP) is 0.758. The second-order valence-corrected chi connectivity index (χ2v) is 5.14. The Balaban J connectivity index is 1.68. The molecule has 2 aromatic rings. The first-order chi connectivity index (χ1) is 9.24. The molecule has 0 spiro atoms. The smallest absolute Gasteiger partial charge is 0.245 e. The lowest BCUT2D eigenvalue weighted by Crippen LogP contribution is -2.40. The van der Waals surface area contributed by atoms with Gasteiger partial charge in [-0.15, -0.1) is 5.10 Å². The number of aromatic nitrogens is 5. The van der Waals surface area contributed by atoms with Gasteiger partial charge in [-0.2, -0.15) is 10.1 Å². The quantitative estimate of drug-likeness (QED) is 0.757. The molecule has 0 radical (unpaired) electrons. The third-order valence-corrected chi connectivity index (χ3v) is 3.80. The van der Waals surface area contributed by atoms with Crippen LogP contribution in [0.2, 0.25) is 0 Å². The van der Waals surface area contributed by atoms with Gasteiger partial charge in [0.25, 0.3) is 0 Å². The Morgan fingerprint density at radius 1 is 1.37 bits per heavy atom. The zero-order valence-electron chi connectivity index (χ0n) is 11.0. The van der Waals surface area contributed by atoms with E-state index in [-0.39, 0.29) is 6.04 Å². The monoisotopic (exact) mass is 261 g/mol. The molecule has 0 bridgehead atoms. The summed E-state index contributed by atoms with van der Waals surface area (Å²) in [5.41, 5.74) is 6.80. The topological polar surface area (TPSA) is 99.5 Å². The Hall–Kier alpha value is -1.89. The molecule has 1 aliphatic heterocycles. The first-order valence-corrected chi connectivity index (χ1v) is 6.66. The molecular weight excluding hydrogens is 242 g/mol. The van der Waals surface area contributed by atoms with Crippen LogP contribution in [0.3, 0.4) is 0 Å². The van der Waals surface area contributed by atoms with Gasteiger partial charge < -0.3 is 10.6 Å². The number of nitrogens with two attached hydrogens (primary N) is 1. The number of H-pyrrole nitrogens is 2. The van der Waals surface area contributed by atoms with E-state index in [1.807, 2.05) is 6.07 Å². The second-order valence-electron chi connectivity index (χ2n) is 5.14. The van der Waals surface area contributed by atoms with E-state index in [0.29, 0.717) is 5.92 Å². The second kappa shape index (κ2) is 5.00. The highest BCUT2D eigenvalue weighted by Gasteiger charge is 2.24. The number of hydrogen-bond donors (Lipinski definition) is 3. The molecule has 3 heterocycles. The largest absolute Gasteiger partial charge is 0.340 e. The van der Waals surface area contributed by atoms with Gasteiger partial charge in [-0.25, -0.2) is 0 Å². The first-order valence-electron chi connectivity index (χ1n) is 6.66. The van der Waals surface area contributed by atoms with Crippen molar-refractivity contribution in [2.45, 2.75) is 25.8 Å². The fourth-order valence-corrected chi connectivity index (χ4v) is 2.53. The van der Waals surface area contributed by atoms with Crippen molar-refractivity contribution < 1.29 is 0 Å². The van der Waals surface area contributed by atoms with E-state index in [9.17, 15) is 0 Å². The van der Waals surface area contributed by atoms with Gasteiger partial charge in [-0.1, -0.05) is 0 Å². The standard InChI is InChI=1S/C12H19N7/c1-8(13)9-3-6-19(7-4-9)12-15-11(17-18-12)10-2-5-14-16-10/h2,5,8-9H,3-4,6-7,13H2,1H3,(H,14,16)(H,15,17,18). The molecule has 102 valence electrons. The lowest BCUT2D eigenvalue weighted by Gasteiger charge is -2.32. The molecule has 1 fully saturated rings. The van der Waals surface area contributed by atoms with Crippen LogP contribution in [-0.4, -0.2) is 44.5 Å². The first kappa shape index (κ1) is 12.2. The van der Waals surface area contributed by atoms with Gasteiger partial charge in [0.05, 0.1) is 0 Å². The predicted molar refractivity (Wildman–Crippen MR) is 72.6 cm³/mol. The molecule has 4 N–H and O–H groups in total. The molecule has 0 amide bonds. The number of nitrogens with zero attached hydrogens (tertiary/aromatic N) is 4. The fourth-order valence-electron chi connectivity index (χ4n) is 2.53. The number of nitrogens with one attached hydrogen (secondary N) is 2. The van der Waals surface area contributed by atoms with Gasteiger partial charge in [0, 0.05) is 25.3 Å². The van der Waals surface area contributed by atoms with E-state index in [2.05, 4.69) is 37.2 Å². The molecule has 1 atom stereocenters. The summed E-state index contributed by atoms with van der Waals surface area (Å²) < 4.78 is 0. The summed E-state index contributed by atoms with van der Waals surface area (Å²) in [6.45, 7) is 4.02. The summed E-state index contributed by atoms with van der Waals surface area (Å²) in [6, 6.07) is 2.14. The Bertz CT molecular complexity index is 508. The number of hydrogen-bond acceptors (Lipinski definition) is 5. The highest BCUT2D eigenvalue weighted by Crippen LogP contribution is 2.23. The summed E-state index contributed by atoms with van der Waals surface area (Å²) in [4.78, 5) is 6.71. The number of aromatic amines is 2. The van der Waals surface area contributed by atoms with Gasteiger partial charge in [-0.05, 0) is 31.7 Å². The Morgan fingerprint density at radius 3 is 2.79 bits per heavy atom. The summed E-state index contributed by atoms with van der Waals surface area (Å²) in [5, 5.41) is 14.0. The maximum atomic E-state index is 5.95. The summed E-state index contributed by atoms with van der Waals surface area (Å²) in [5.74, 6) is 2.09. The SMILES string of the molecule is CC(N)C1CCN(c2n[nH]c(-c3ccn[nH]3)n2)CC1. The van der Waals surface area contributed by atoms with Crippen LogP contribution in [0.25, 0.3) is 11.5 Å². The minimum Gasteiger partial charge on any atom is -0.340 e. The average Bonchev–Trinajstić information content (AvgIpc) is 3.10. The molecule has 1 unspecified atom stereocenters. The molecule has 7 nitrogen and oxygen atoms in total. The van der Waals surface area contributed by atoms with E-state index >= 15 is 0 Å². The van der Waals surface area contributed by atoms with Gasteiger partial charge in [-0.3, -0.25) is 10.2 Å². The van der Waals surface area contributed by atoms with Crippen molar-refractivity contribution in [1.29, 1.82) is 0 Å². The normalized spacial score (nSPS) is 18.7. The van der Waals surface area contributed by atoms with Crippen LogP contribution in [0, 0.1) is 5.92 Å². The fraction of sp³-hybridized carbons (Fsp3) is 0.583. The maximum Gasteiger partial charge on any atom is 0.245 e. The van der Waals surface area contributed by atoms with Crippen molar-refractivity contribution in [2.24, 2.45) is 11.7 Å². The summed E-state index contributed by atoms with van der Waals surface area (Å²) in [6.07, 6.45) is 3.91. The number of rotatable bonds is 3. The molecular formula is C12H19N7. The molecule has 2 aromatic heterocycles. The van der Waals surface area contributed by atoms with Crippen LogP contribution in [-0.2, 0) is 0 Å². The zero-order chi connectivity index (χ0) is 13.2. The summed E-state index contributed by atoms with van der Waals surface area (Å²) >= 11 is 0. The van der Waals surface area contributed by atoms with E-state index in [0.717, 1.165) is 43.4 Å². The molecule has 3 rings (SSSR count). The molecule has 0 aromatic carbocycles. The zero-order valence-corrected chi connectivity index (χ0v) is 11.0. The van der Waals surface area contributed by atoms with Crippen molar-refractivity contribution in [3.8, 4) is 11.5 Å². The third kappa shape index (κ3) is 2.46. The highest BCUT2D eigenvalue weighted by molar-refractivity contribution is 5.50. The van der Waals surface area contributed by atoms with Crippen molar-refractivity contribution >= 4 is 5.95 Å². The molecule has 0 aliphatic carbocycles. The molecule has 7 heteroatoms. The third-order valence-electron chi connectivity index (χ3n) is 3.80. The van der Waals surface area contributed by atoms with Gasteiger partial charge >= 0.3 is 0 Å². The van der Waals surface area contributed by atoms with Crippen LogP contribution in [0.1, 0.15) is 19.8 Å². The van der Waals surface area contributed by atoms with Crippen LogP contribution < -0.4 is 10.6 Å². The van der Waals surface area contributed by atoms with E-state index in [1.54, 1.807) is 6.20 Å². The highest BCUT2D eigenvalue weighted by atomic mass is 15.4. The molecule has 1 saturated heterocycles. The van der Waals surface area contributed by atoms with Gasteiger partial charge in [0.2, 0.25) is 5.95 Å². The average molecular weight is 261 g/mol. The van der Waals surface area contributed by atoms with Crippen molar-refractivity contribution in [3.05, 3.63) is 12.3 Å². The summed E-state index contributed by atoms with van der Waals surface area (Å²) in [7, 11) is 0. The molecule has 19 heavy (non-hydrogen) atoms. The Kier molecular flexibility index (Phi) is 3.20. The Morgan fingerprint density at radius 2 is 2.16 bits per heavy atom. The lowest BCUT2D eigenvalue weighted by molar-refractivity contribution is 0.352. The van der Waals surface area contributed by atoms with Crippen LogP contribution >= 0.6 is 0 Å².